The molecule has 0 unspecified atom stereocenters. The normalized spacial score (nSPS) is 10.3. The monoisotopic (exact) mass is 194 g/mol. The van der Waals surface area contributed by atoms with E-state index in [4.69, 9.17) is 10.8 Å². The molecule has 74 valence electrons. The molecule has 0 heterocycles. The third-order valence-electron chi connectivity index (χ3n) is 1.38. The molecule has 0 aliphatic heterocycles. The summed E-state index contributed by atoms with van der Waals surface area (Å²) in [5, 5.41) is 11.7. The second-order valence-corrected chi connectivity index (χ2v) is 2.57. The molecular formula is C9H10N2O3. The Morgan fingerprint density at radius 2 is 2.43 bits per heavy atom. The Bertz CT molecular complexity index is 350. The number of nitrogens with zero attached hydrogens (tertiary/aromatic N) is 1. The summed E-state index contributed by atoms with van der Waals surface area (Å²) in [4.78, 5) is 14.5. The fourth-order valence-corrected chi connectivity index (χ4v) is 0.830. The smallest absolute Gasteiger partial charge is 0.344 e. The molecule has 1 aromatic carbocycles. The number of carboxylic acid groups (broad SMARTS) is 1. The summed E-state index contributed by atoms with van der Waals surface area (Å²) < 4.78 is 0. The predicted molar refractivity (Wildman–Crippen MR) is 52.0 cm³/mol. The van der Waals surface area contributed by atoms with E-state index >= 15 is 0 Å². The van der Waals surface area contributed by atoms with Crippen molar-refractivity contribution in [1.29, 1.82) is 0 Å². The third-order valence-corrected chi connectivity index (χ3v) is 1.38. The Morgan fingerprint density at radius 3 is 3.07 bits per heavy atom. The van der Waals surface area contributed by atoms with Gasteiger partial charge in [-0.1, -0.05) is 17.3 Å². The zero-order chi connectivity index (χ0) is 10.4. The van der Waals surface area contributed by atoms with Gasteiger partial charge in [-0.3, -0.25) is 0 Å². The lowest BCUT2D eigenvalue weighted by molar-refractivity contribution is -0.142. The van der Waals surface area contributed by atoms with Gasteiger partial charge < -0.3 is 15.7 Å². The molecule has 0 fully saturated rings. The Balaban J connectivity index is 2.47. The van der Waals surface area contributed by atoms with Crippen LogP contribution in [0.25, 0.3) is 0 Å². The maximum atomic E-state index is 10.0. The van der Waals surface area contributed by atoms with Gasteiger partial charge in [-0.15, -0.1) is 0 Å². The van der Waals surface area contributed by atoms with Crippen molar-refractivity contribution in [2.45, 2.75) is 0 Å². The van der Waals surface area contributed by atoms with Crippen LogP contribution in [0.5, 0.6) is 0 Å². The Kier molecular flexibility index (Phi) is 3.49. The predicted octanol–water partition coefficient (Wildman–Crippen LogP) is 0.704. The van der Waals surface area contributed by atoms with E-state index in [1.54, 1.807) is 24.3 Å². The van der Waals surface area contributed by atoms with Crippen molar-refractivity contribution in [3.05, 3.63) is 29.8 Å². The van der Waals surface area contributed by atoms with Crippen LogP contribution in [0.15, 0.2) is 29.4 Å². The van der Waals surface area contributed by atoms with Crippen LogP contribution in [-0.2, 0) is 9.63 Å². The average Bonchev–Trinajstić information content (AvgIpc) is 2.12. The molecule has 5 heteroatoms. The van der Waals surface area contributed by atoms with Crippen molar-refractivity contribution in [3.8, 4) is 0 Å². The van der Waals surface area contributed by atoms with E-state index in [1.807, 2.05) is 0 Å². The highest BCUT2D eigenvalue weighted by molar-refractivity contribution is 5.80. The number of nitrogen functional groups attached to an aromatic ring is 1. The van der Waals surface area contributed by atoms with Gasteiger partial charge in [0, 0.05) is 5.69 Å². The van der Waals surface area contributed by atoms with Gasteiger partial charge in [-0.05, 0) is 17.7 Å². The van der Waals surface area contributed by atoms with Gasteiger partial charge in [-0.25, -0.2) is 4.79 Å². The minimum atomic E-state index is -1.06. The maximum absolute atomic E-state index is 10.0. The number of carboxylic acids is 1. The zero-order valence-corrected chi connectivity index (χ0v) is 7.38. The van der Waals surface area contributed by atoms with Crippen LogP contribution in [0.2, 0.25) is 0 Å². The first-order chi connectivity index (χ1) is 6.68. The van der Waals surface area contributed by atoms with Crippen molar-refractivity contribution >= 4 is 17.9 Å². The zero-order valence-electron chi connectivity index (χ0n) is 7.38. The highest BCUT2D eigenvalue weighted by Crippen LogP contribution is 2.03. The standard InChI is InChI=1S/C9H10N2O3/c10-8-3-1-2-7(4-8)5-11-14-6-9(12)13/h1-5H,6,10H2,(H,12,13). The van der Waals surface area contributed by atoms with E-state index in [1.165, 1.54) is 6.21 Å². The first-order valence-electron chi connectivity index (χ1n) is 3.91. The summed E-state index contributed by atoms with van der Waals surface area (Å²) in [5.74, 6) is -1.06. The van der Waals surface area contributed by atoms with Crippen LogP contribution in [0.1, 0.15) is 5.56 Å². The van der Waals surface area contributed by atoms with Crippen LogP contribution in [0, 0.1) is 0 Å². The van der Waals surface area contributed by atoms with Crippen molar-refractivity contribution < 1.29 is 14.7 Å². The highest BCUT2D eigenvalue weighted by atomic mass is 16.6. The minimum absolute atomic E-state index is 0.446. The number of carbonyl (C=O) groups is 1. The van der Waals surface area contributed by atoms with E-state index in [-0.39, 0.29) is 0 Å². The number of oxime groups is 1. The van der Waals surface area contributed by atoms with Crippen LogP contribution >= 0.6 is 0 Å². The van der Waals surface area contributed by atoms with E-state index in [0.29, 0.717) is 5.69 Å². The molecular weight excluding hydrogens is 184 g/mol. The number of benzene rings is 1. The molecule has 5 nitrogen and oxygen atoms in total. The molecule has 0 aromatic heterocycles. The van der Waals surface area contributed by atoms with Gasteiger partial charge >= 0.3 is 5.97 Å². The summed E-state index contributed by atoms with van der Waals surface area (Å²) >= 11 is 0. The van der Waals surface area contributed by atoms with Gasteiger partial charge in [0.15, 0.2) is 0 Å². The fourth-order valence-electron chi connectivity index (χ4n) is 0.830. The molecule has 0 radical (unpaired) electrons. The molecule has 1 aromatic rings. The minimum Gasteiger partial charge on any atom is -0.479 e. The molecule has 0 amide bonds. The van der Waals surface area contributed by atoms with Crippen molar-refractivity contribution in [2.75, 3.05) is 12.3 Å². The average molecular weight is 194 g/mol. The summed E-state index contributed by atoms with van der Waals surface area (Å²) in [6, 6.07) is 7.00. The lowest BCUT2D eigenvalue weighted by Gasteiger charge is -1.95. The molecule has 0 saturated heterocycles. The second kappa shape index (κ2) is 4.86. The molecule has 0 saturated carbocycles. The number of rotatable bonds is 4. The number of hydrogen-bond acceptors (Lipinski definition) is 4. The van der Waals surface area contributed by atoms with Gasteiger partial charge in [0.1, 0.15) is 0 Å². The Hall–Kier alpha value is -2.04. The molecule has 0 aliphatic carbocycles. The second-order valence-electron chi connectivity index (χ2n) is 2.57. The summed E-state index contributed by atoms with van der Waals surface area (Å²) in [6.45, 7) is -0.446. The first kappa shape index (κ1) is 10.0. The van der Waals surface area contributed by atoms with Crippen LogP contribution in [0.3, 0.4) is 0 Å². The molecule has 0 bridgehead atoms. The molecule has 14 heavy (non-hydrogen) atoms. The SMILES string of the molecule is Nc1cccc(C=NOCC(=O)O)c1. The number of anilines is 1. The summed E-state index contributed by atoms with van der Waals surface area (Å²) in [7, 11) is 0. The Labute approximate surface area is 80.8 Å². The molecule has 0 spiro atoms. The van der Waals surface area contributed by atoms with Crippen molar-refractivity contribution in [2.24, 2.45) is 5.16 Å². The lowest BCUT2D eigenvalue weighted by atomic mass is 10.2. The van der Waals surface area contributed by atoms with Crippen molar-refractivity contribution in [1.82, 2.24) is 0 Å². The van der Waals surface area contributed by atoms with Gasteiger partial charge in [0.05, 0.1) is 6.21 Å². The molecule has 3 N–H and O–H groups in total. The molecule has 0 aliphatic rings. The quantitative estimate of drug-likeness (QED) is 0.420. The van der Waals surface area contributed by atoms with Gasteiger partial charge in [-0.2, -0.15) is 0 Å². The van der Waals surface area contributed by atoms with Crippen LogP contribution in [-0.4, -0.2) is 23.9 Å². The van der Waals surface area contributed by atoms with Crippen molar-refractivity contribution in [3.63, 3.8) is 0 Å². The highest BCUT2D eigenvalue weighted by Gasteiger charge is 1.93. The lowest BCUT2D eigenvalue weighted by Crippen LogP contribution is -2.03. The number of hydrogen-bond donors (Lipinski definition) is 2. The largest absolute Gasteiger partial charge is 0.479 e. The van der Waals surface area contributed by atoms with Gasteiger partial charge in [0.2, 0.25) is 6.61 Å². The molecule has 1 rings (SSSR count). The summed E-state index contributed by atoms with van der Waals surface area (Å²) in [6.07, 6.45) is 1.40. The number of aliphatic carboxylic acids is 1. The molecule has 0 atom stereocenters. The maximum Gasteiger partial charge on any atom is 0.344 e. The Morgan fingerprint density at radius 1 is 1.64 bits per heavy atom. The van der Waals surface area contributed by atoms with Gasteiger partial charge in [0.25, 0.3) is 0 Å². The van der Waals surface area contributed by atoms with E-state index in [9.17, 15) is 4.79 Å². The topological polar surface area (TPSA) is 84.9 Å². The van der Waals surface area contributed by atoms with E-state index in [2.05, 4.69) is 9.99 Å². The first-order valence-corrected chi connectivity index (χ1v) is 3.91. The van der Waals surface area contributed by atoms with Crippen LogP contribution < -0.4 is 5.73 Å². The third kappa shape index (κ3) is 3.57. The van der Waals surface area contributed by atoms with E-state index < -0.39 is 12.6 Å². The summed E-state index contributed by atoms with van der Waals surface area (Å²) in [5.41, 5.74) is 6.89. The van der Waals surface area contributed by atoms with Crippen LogP contribution in [0.4, 0.5) is 5.69 Å². The fraction of sp³-hybridized carbons (Fsp3) is 0.111. The number of nitrogens with two attached hydrogens (primary N) is 1. The van der Waals surface area contributed by atoms with E-state index in [0.717, 1.165) is 5.56 Å².